The smallest absolute Gasteiger partial charge is 0.151 e. The largest absolute Gasteiger partial charge is 0.377 e. The summed E-state index contributed by atoms with van der Waals surface area (Å²) in [5.41, 5.74) is -0.0610. The number of nitrogens with zero attached hydrogens (tertiary/aromatic N) is 4. The minimum Gasteiger partial charge on any atom is -0.377 e. The zero-order valence-corrected chi connectivity index (χ0v) is 13.4. The van der Waals surface area contributed by atoms with Crippen LogP contribution in [0.15, 0.2) is 6.20 Å². The van der Waals surface area contributed by atoms with Crippen molar-refractivity contribution in [2.45, 2.75) is 25.4 Å². The van der Waals surface area contributed by atoms with E-state index in [0.29, 0.717) is 5.02 Å². The zero-order valence-electron chi connectivity index (χ0n) is 12.7. The summed E-state index contributed by atoms with van der Waals surface area (Å²) in [4.78, 5) is 13.0. The second-order valence-corrected chi connectivity index (χ2v) is 6.11. The summed E-state index contributed by atoms with van der Waals surface area (Å²) in [6.07, 6.45) is 3.62. The molecule has 1 aromatic rings. The molecule has 1 fully saturated rings. The van der Waals surface area contributed by atoms with Gasteiger partial charge in [0.2, 0.25) is 0 Å². The van der Waals surface area contributed by atoms with Crippen LogP contribution in [0, 0.1) is 6.92 Å². The second-order valence-electron chi connectivity index (χ2n) is 5.70. The van der Waals surface area contributed by atoms with E-state index in [-0.39, 0.29) is 5.60 Å². The van der Waals surface area contributed by atoms with E-state index in [1.54, 1.807) is 13.3 Å². The van der Waals surface area contributed by atoms with E-state index in [1.807, 2.05) is 6.92 Å². The number of likely N-dealkylation sites (N-methyl/N-ethyl adjacent to an activating group) is 1. The van der Waals surface area contributed by atoms with Gasteiger partial charge in [-0.15, -0.1) is 0 Å². The molecule has 1 aliphatic heterocycles. The van der Waals surface area contributed by atoms with Crippen LogP contribution in [-0.2, 0) is 4.74 Å². The summed E-state index contributed by atoms with van der Waals surface area (Å²) >= 11 is 6.21. The van der Waals surface area contributed by atoms with Crippen molar-refractivity contribution in [1.82, 2.24) is 14.9 Å². The van der Waals surface area contributed by atoms with Gasteiger partial charge in [-0.25, -0.2) is 9.97 Å². The number of anilines is 1. The molecule has 0 aliphatic carbocycles. The van der Waals surface area contributed by atoms with Gasteiger partial charge in [-0.05, 0) is 33.9 Å². The highest BCUT2D eigenvalue weighted by molar-refractivity contribution is 6.32. The first-order chi connectivity index (χ1) is 9.46. The Bertz CT molecular complexity index is 458. The van der Waals surface area contributed by atoms with Crippen molar-refractivity contribution in [3.63, 3.8) is 0 Å². The molecule has 112 valence electrons. The van der Waals surface area contributed by atoms with Crippen molar-refractivity contribution in [3.05, 3.63) is 17.0 Å². The van der Waals surface area contributed by atoms with Crippen LogP contribution >= 0.6 is 11.6 Å². The maximum Gasteiger partial charge on any atom is 0.151 e. The molecule has 6 heteroatoms. The number of hydrogen-bond acceptors (Lipinski definition) is 5. The fourth-order valence-corrected chi connectivity index (χ4v) is 3.00. The van der Waals surface area contributed by atoms with Gasteiger partial charge in [-0.2, -0.15) is 0 Å². The molecular formula is C14H23ClN4O. The number of piperidine rings is 1. The van der Waals surface area contributed by atoms with E-state index in [0.717, 1.165) is 44.1 Å². The number of aryl methyl sites for hydroxylation is 1. The van der Waals surface area contributed by atoms with Crippen molar-refractivity contribution in [2.24, 2.45) is 0 Å². The minimum atomic E-state index is -0.0610. The SMILES string of the molecule is COC1(CN(C)C)CCN(c2nc(C)ncc2Cl)CC1. The van der Waals surface area contributed by atoms with E-state index < -0.39 is 0 Å². The molecule has 2 rings (SSSR count). The number of halogens is 1. The molecule has 0 spiro atoms. The maximum absolute atomic E-state index is 6.21. The highest BCUT2D eigenvalue weighted by Crippen LogP contribution is 2.31. The quantitative estimate of drug-likeness (QED) is 0.850. The Kier molecular flexibility index (Phi) is 4.83. The molecule has 2 heterocycles. The molecule has 0 saturated carbocycles. The molecule has 0 bridgehead atoms. The monoisotopic (exact) mass is 298 g/mol. The Balaban J connectivity index is 2.08. The van der Waals surface area contributed by atoms with Gasteiger partial charge < -0.3 is 14.5 Å². The lowest BCUT2D eigenvalue weighted by molar-refractivity contribution is -0.0455. The van der Waals surface area contributed by atoms with Gasteiger partial charge in [-0.1, -0.05) is 11.6 Å². The van der Waals surface area contributed by atoms with Crippen molar-refractivity contribution in [2.75, 3.05) is 45.7 Å². The summed E-state index contributed by atoms with van der Waals surface area (Å²) < 4.78 is 5.79. The fraction of sp³-hybridized carbons (Fsp3) is 0.714. The first-order valence-corrected chi connectivity index (χ1v) is 7.27. The molecule has 1 aliphatic rings. The molecule has 5 nitrogen and oxygen atoms in total. The van der Waals surface area contributed by atoms with E-state index in [2.05, 4.69) is 33.9 Å². The van der Waals surface area contributed by atoms with Crippen molar-refractivity contribution < 1.29 is 4.74 Å². The molecule has 1 aromatic heterocycles. The third-order valence-electron chi connectivity index (χ3n) is 3.86. The molecule has 0 radical (unpaired) electrons. The summed E-state index contributed by atoms with van der Waals surface area (Å²) in [6, 6.07) is 0. The van der Waals surface area contributed by atoms with E-state index in [1.165, 1.54) is 0 Å². The Morgan fingerprint density at radius 2 is 2.05 bits per heavy atom. The number of aromatic nitrogens is 2. The Hall–Kier alpha value is -0.910. The van der Waals surface area contributed by atoms with Crippen LogP contribution < -0.4 is 4.90 Å². The fourth-order valence-electron chi connectivity index (χ4n) is 2.79. The van der Waals surface area contributed by atoms with Crippen LogP contribution in [0.5, 0.6) is 0 Å². The van der Waals surface area contributed by atoms with Gasteiger partial charge in [0.25, 0.3) is 0 Å². The topological polar surface area (TPSA) is 41.5 Å². The number of ether oxygens (including phenoxy) is 1. The summed E-state index contributed by atoms with van der Waals surface area (Å²) in [7, 11) is 5.97. The zero-order chi connectivity index (χ0) is 14.8. The summed E-state index contributed by atoms with van der Waals surface area (Å²) in [6.45, 7) is 4.62. The maximum atomic E-state index is 6.21. The van der Waals surface area contributed by atoms with Crippen molar-refractivity contribution >= 4 is 17.4 Å². The highest BCUT2D eigenvalue weighted by Gasteiger charge is 2.35. The number of methoxy groups -OCH3 is 1. The third-order valence-corrected chi connectivity index (χ3v) is 4.12. The van der Waals surface area contributed by atoms with Gasteiger partial charge in [0, 0.05) is 26.7 Å². The Morgan fingerprint density at radius 1 is 1.40 bits per heavy atom. The molecule has 0 atom stereocenters. The molecule has 0 N–H and O–H groups in total. The predicted molar refractivity (Wildman–Crippen MR) is 81.5 cm³/mol. The standard InChI is InChI=1S/C14H23ClN4O/c1-11-16-9-12(15)13(17-11)19-7-5-14(20-4,6-8-19)10-18(2)3/h9H,5-8,10H2,1-4H3. The number of hydrogen-bond donors (Lipinski definition) is 0. The van der Waals surface area contributed by atoms with E-state index in [4.69, 9.17) is 16.3 Å². The lowest BCUT2D eigenvalue weighted by Gasteiger charge is -2.42. The Labute approximate surface area is 125 Å². The normalized spacial score (nSPS) is 18.6. The van der Waals surface area contributed by atoms with Crippen LogP contribution in [0.1, 0.15) is 18.7 Å². The van der Waals surface area contributed by atoms with Crippen molar-refractivity contribution in [3.8, 4) is 0 Å². The van der Waals surface area contributed by atoms with Gasteiger partial charge in [0.15, 0.2) is 5.82 Å². The molecule has 0 unspecified atom stereocenters. The van der Waals surface area contributed by atoms with Gasteiger partial charge in [0.1, 0.15) is 10.8 Å². The predicted octanol–water partition coefficient (Wildman–Crippen LogP) is 1.99. The number of rotatable bonds is 4. The second kappa shape index (κ2) is 6.24. The lowest BCUT2D eigenvalue weighted by Crippen LogP contribution is -2.51. The van der Waals surface area contributed by atoms with Crippen molar-refractivity contribution in [1.29, 1.82) is 0 Å². The van der Waals surface area contributed by atoms with Gasteiger partial charge in [0.05, 0.1) is 11.8 Å². The van der Waals surface area contributed by atoms with Crippen LogP contribution in [0.2, 0.25) is 5.02 Å². The molecular weight excluding hydrogens is 276 g/mol. The van der Waals surface area contributed by atoms with E-state index >= 15 is 0 Å². The molecule has 0 amide bonds. The summed E-state index contributed by atoms with van der Waals surface area (Å²) in [5.74, 6) is 1.59. The van der Waals surface area contributed by atoms with Crippen LogP contribution in [0.25, 0.3) is 0 Å². The molecule has 1 saturated heterocycles. The third kappa shape index (κ3) is 3.40. The minimum absolute atomic E-state index is 0.0610. The van der Waals surface area contributed by atoms with Gasteiger partial charge in [-0.3, -0.25) is 0 Å². The lowest BCUT2D eigenvalue weighted by atomic mass is 9.90. The van der Waals surface area contributed by atoms with E-state index in [9.17, 15) is 0 Å². The van der Waals surface area contributed by atoms with Gasteiger partial charge >= 0.3 is 0 Å². The Morgan fingerprint density at radius 3 is 2.60 bits per heavy atom. The first-order valence-electron chi connectivity index (χ1n) is 6.90. The first kappa shape index (κ1) is 15.5. The average Bonchev–Trinajstić information content (AvgIpc) is 2.42. The van der Waals surface area contributed by atoms with Crippen LogP contribution in [-0.4, -0.2) is 61.3 Å². The molecule has 0 aromatic carbocycles. The average molecular weight is 299 g/mol. The van der Waals surface area contributed by atoms with Crippen LogP contribution in [0.4, 0.5) is 5.82 Å². The summed E-state index contributed by atoms with van der Waals surface area (Å²) in [5, 5.41) is 0.619. The van der Waals surface area contributed by atoms with Crippen LogP contribution in [0.3, 0.4) is 0 Å². The molecule has 20 heavy (non-hydrogen) atoms. The highest BCUT2D eigenvalue weighted by atomic mass is 35.5.